The number of hydrogen-bond acceptors (Lipinski definition) is 3. The van der Waals surface area contributed by atoms with E-state index in [0.717, 1.165) is 15.9 Å². The predicted molar refractivity (Wildman–Crippen MR) is 86.4 cm³/mol. The number of carbonyl (C=O) groups excluding carboxylic acids is 2. The van der Waals surface area contributed by atoms with Crippen molar-refractivity contribution in [2.24, 2.45) is 5.92 Å². The van der Waals surface area contributed by atoms with Gasteiger partial charge in [0.25, 0.3) is 0 Å². The number of benzene rings is 1. The summed E-state index contributed by atoms with van der Waals surface area (Å²) in [6.45, 7) is 4.31. The van der Waals surface area contributed by atoms with Crippen LogP contribution in [0.25, 0.3) is 0 Å². The van der Waals surface area contributed by atoms with Gasteiger partial charge in [-0.3, -0.25) is 19.2 Å². The van der Waals surface area contributed by atoms with Crippen LogP contribution in [0.5, 0.6) is 0 Å². The predicted octanol–water partition coefficient (Wildman–Crippen LogP) is 2.84. The Bertz CT molecular complexity index is 736. The SMILES string of the molecule is Cc1cc(C)n(C[C@@H]2CC(=O)N(c3ccc(Br)cc3)C2=O)n1. The van der Waals surface area contributed by atoms with Gasteiger partial charge in [0, 0.05) is 16.6 Å². The summed E-state index contributed by atoms with van der Waals surface area (Å²) in [5.41, 5.74) is 2.54. The van der Waals surface area contributed by atoms with Crippen molar-refractivity contribution < 1.29 is 9.59 Å². The van der Waals surface area contributed by atoms with E-state index in [4.69, 9.17) is 0 Å². The average molecular weight is 362 g/mol. The Kier molecular flexibility index (Phi) is 3.87. The van der Waals surface area contributed by atoms with Gasteiger partial charge in [-0.15, -0.1) is 0 Å². The van der Waals surface area contributed by atoms with E-state index in [2.05, 4.69) is 21.0 Å². The maximum atomic E-state index is 12.6. The molecule has 2 heterocycles. The average Bonchev–Trinajstić information content (AvgIpc) is 2.92. The van der Waals surface area contributed by atoms with Gasteiger partial charge in [0.1, 0.15) is 0 Å². The van der Waals surface area contributed by atoms with E-state index in [1.807, 2.05) is 32.0 Å². The molecule has 2 amide bonds. The number of anilines is 1. The molecule has 1 fully saturated rings. The highest BCUT2D eigenvalue weighted by Crippen LogP contribution is 2.28. The molecule has 1 aromatic carbocycles. The summed E-state index contributed by atoms with van der Waals surface area (Å²) < 4.78 is 2.71. The summed E-state index contributed by atoms with van der Waals surface area (Å²) in [5, 5.41) is 4.37. The fraction of sp³-hybridized carbons (Fsp3) is 0.312. The maximum Gasteiger partial charge on any atom is 0.239 e. The molecule has 1 aliphatic heterocycles. The van der Waals surface area contributed by atoms with E-state index in [9.17, 15) is 9.59 Å². The largest absolute Gasteiger partial charge is 0.274 e. The fourth-order valence-electron chi connectivity index (χ4n) is 2.77. The maximum absolute atomic E-state index is 12.6. The van der Waals surface area contributed by atoms with E-state index >= 15 is 0 Å². The van der Waals surface area contributed by atoms with Crippen LogP contribution in [0.15, 0.2) is 34.8 Å². The molecule has 0 bridgehead atoms. The Balaban J connectivity index is 1.82. The van der Waals surface area contributed by atoms with Crippen molar-refractivity contribution in [2.75, 3.05) is 4.90 Å². The van der Waals surface area contributed by atoms with E-state index in [-0.39, 0.29) is 24.2 Å². The van der Waals surface area contributed by atoms with E-state index in [1.165, 1.54) is 4.90 Å². The van der Waals surface area contributed by atoms with Crippen LogP contribution < -0.4 is 4.90 Å². The van der Waals surface area contributed by atoms with Gasteiger partial charge in [-0.1, -0.05) is 15.9 Å². The smallest absolute Gasteiger partial charge is 0.239 e. The molecular formula is C16H16BrN3O2. The minimum absolute atomic E-state index is 0.153. The van der Waals surface area contributed by atoms with Crippen LogP contribution >= 0.6 is 15.9 Å². The zero-order chi connectivity index (χ0) is 15.9. The Morgan fingerprint density at radius 3 is 2.50 bits per heavy atom. The second-order valence-corrected chi connectivity index (χ2v) is 6.47. The summed E-state index contributed by atoms with van der Waals surface area (Å²) in [7, 11) is 0. The van der Waals surface area contributed by atoms with Crippen LogP contribution in [0.3, 0.4) is 0 Å². The molecule has 0 spiro atoms. The first-order chi connectivity index (χ1) is 10.5. The molecule has 5 nitrogen and oxygen atoms in total. The standard InChI is InChI=1S/C16H16BrN3O2/c1-10-7-11(2)19(18-10)9-12-8-15(21)20(16(12)22)14-5-3-13(17)4-6-14/h3-7,12H,8-9H2,1-2H3/t12-/m0/s1. The first kappa shape index (κ1) is 15.0. The highest BCUT2D eigenvalue weighted by Gasteiger charge is 2.39. The van der Waals surface area contributed by atoms with Crippen LogP contribution in [-0.4, -0.2) is 21.6 Å². The topological polar surface area (TPSA) is 55.2 Å². The van der Waals surface area contributed by atoms with Crippen molar-refractivity contribution in [3.05, 3.63) is 46.2 Å². The molecule has 114 valence electrons. The number of halogens is 1. The van der Waals surface area contributed by atoms with E-state index in [0.29, 0.717) is 12.2 Å². The van der Waals surface area contributed by atoms with Gasteiger partial charge in [-0.25, -0.2) is 0 Å². The molecule has 1 aromatic heterocycles. The van der Waals surface area contributed by atoms with Gasteiger partial charge in [-0.2, -0.15) is 5.10 Å². The van der Waals surface area contributed by atoms with E-state index < -0.39 is 0 Å². The molecule has 0 N–H and O–H groups in total. The Morgan fingerprint density at radius 1 is 1.23 bits per heavy atom. The molecule has 1 atom stereocenters. The molecule has 0 unspecified atom stereocenters. The summed E-state index contributed by atoms with van der Waals surface area (Å²) in [6.07, 6.45) is 0.229. The first-order valence-corrected chi connectivity index (χ1v) is 7.88. The Hall–Kier alpha value is -1.95. The van der Waals surface area contributed by atoms with Crippen molar-refractivity contribution in [2.45, 2.75) is 26.8 Å². The van der Waals surface area contributed by atoms with Crippen LogP contribution in [0.4, 0.5) is 5.69 Å². The molecule has 2 aromatic rings. The van der Waals surface area contributed by atoms with Crippen molar-refractivity contribution in [1.82, 2.24) is 9.78 Å². The summed E-state index contributed by atoms with van der Waals surface area (Å²) >= 11 is 3.35. The van der Waals surface area contributed by atoms with Gasteiger partial charge >= 0.3 is 0 Å². The number of imide groups is 1. The zero-order valence-electron chi connectivity index (χ0n) is 12.4. The normalized spacial score (nSPS) is 18.3. The number of nitrogens with zero attached hydrogens (tertiary/aromatic N) is 3. The number of rotatable bonds is 3. The Morgan fingerprint density at radius 2 is 1.91 bits per heavy atom. The van der Waals surface area contributed by atoms with Gasteiger partial charge in [0.15, 0.2) is 0 Å². The highest BCUT2D eigenvalue weighted by molar-refractivity contribution is 9.10. The van der Waals surface area contributed by atoms with Gasteiger partial charge < -0.3 is 0 Å². The molecular weight excluding hydrogens is 346 g/mol. The summed E-state index contributed by atoms with van der Waals surface area (Å²) in [4.78, 5) is 26.1. The molecule has 22 heavy (non-hydrogen) atoms. The minimum Gasteiger partial charge on any atom is -0.274 e. The van der Waals surface area contributed by atoms with Gasteiger partial charge in [0.05, 0.1) is 23.8 Å². The number of carbonyl (C=O) groups is 2. The van der Waals surface area contributed by atoms with Gasteiger partial charge in [0.2, 0.25) is 11.8 Å². The minimum atomic E-state index is -0.353. The van der Waals surface area contributed by atoms with Crippen molar-refractivity contribution >= 4 is 33.4 Å². The summed E-state index contributed by atoms with van der Waals surface area (Å²) in [5.74, 6) is -0.659. The molecule has 0 saturated carbocycles. The lowest BCUT2D eigenvalue weighted by Crippen LogP contribution is -2.31. The first-order valence-electron chi connectivity index (χ1n) is 7.09. The Labute approximate surface area is 137 Å². The monoisotopic (exact) mass is 361 g/mol. The quantitative estimate of drug-likeness (QED) is 0.789. The molecule has 1 saturated heterocycles. The molecule has 0 aliphatic carbocycles. The molecule has 6 heteroatoms. The zero-order valence-corrected chi connectivity index (χ0v) is 14.0. The van der Waals surface area contributed by atoms with Crippen molar-refractivity contribution in [3.63, 3.8) is 0 Å². The third kappa shape index (κ3) is 2.70. The third-order valence-electron chi connectivity index (χ3n) is 3.82. The molecule has 3 rings (SSSR count). The van der Waals surface area contributed by atoms with Crippen LogP contribution in [0, 0.1) is 19.8 Å². The van der Waals surface area contributed by atoms with Gasteiger partial charge in [-0.05, 0) is 44.2 Å². The highest BCUT2D eigenvalue weighted by atomic mass is 79.9. The lowest BCUT2D eigenvalue weighted by molar-refractivity contribution is -0.122. The van der Waals surface area contributed by atoms with Crippen molar-refractivity contribution in [3.8, 4) is 0 Å². The number of amides is 2. The van der Waals surface area contributed by atoms with Crippen LogP contribution in [-0.2, 0) is 16.1 Å². The fourth-order valence-corrected chi connectivity index (χ4v) is 3.03. The van der Waals surface area contributed by atoms with E-state index in [1.54, 1.807) is 16.8 Å². The second kappa shape index (κ2) is 5.68. The molecule has 1 aliphatic rings. The number of hydrogen-bond donors (Lipinski definition) is 0. The van der Waals surface area contributed by atoms with Crippen LogP contribution in [0.1, 0.15) is 17.8 Å². The molecule has 0 radical (unpaired) electrons. The third-order valence-corrected chi connectivity index (χ3v) is 4.35. The lowest BCUT2D eigenvalue weighted by atomic mass is 10.1. The van der Waals surface area contributed by atoms with Crippen LogP contribution in [0.2, 0.25) is 0 Å². The number of aromatic nitrogens is 2. The van der Waals surface area contributed by atoms with Crippen molar-refractivity contribution in [1.29, 1.82) is 0 Å². The lowest BCUT2D eigenvalue weighted by Gasteiger charge is -2.15. The second-order valence-electron chi connectivity index (χ2n) is 5.55. The number of aryl methyl sites for hydroxylation is 2. The summed E-state index contributed by atoms with van der Waals surface area (Å²) in [6, 6.07) is 9.15.